The number of methoxy groups -OCH3 is 1. The summed E-state index contributed by atoms with van der Waals surface area (Å²) in [6, 6.07) is 4.73. The van der Waals surface area contributed by atoms with E-state index in [1.165, 1.54) is 17.9 Å². The Morgan fingerprint density at radius 2 is 2.03 bits per heavy atom. The maximum atomic E-state index is 11.2. The van der Waals surface area contributed by atoms with Gasteiger partial charge in [-0.05, 0) is 24.5 Å². The van der Waals surface area contributed by atoms with Gasteiger partial charge < -0.3 is 19.1 Å². The number of non-ortho nitro benzene ring substituents is 1. The molecule has 0 bridgehead atoms. The molecule has 8 nitrogen and oxygen atoms in total. The Bertz CT molecular complexity index is 913. The van der Waals surface area contributed by atoms with Crippen LogP contribution in [-0.2, 0) is 9.47 Å². The predicted molar refractivity (Wildman–Crippen MR) is 113 cm³/mol. The van der Waals surface area contributed by atoms with Gasteiger partial charge in [-0.2, -0.15) is 0 Å². The number of allylic oxidation sites excluding steroid dienone is 3. The normalized spacial score (nSPS) is 20.0. The first kappa shape index (κ1) is 20.0. The highest BCUT2D eigenvalue weighted by Crippen LogP contribution is 2.34. The van der Waals surface area contributed by atoms with Crippen LogP contribution >= 0.6 is 0 Å². The van der Waals surface area contributed by atoms with E-state index in [2.05, 4.69) is 28.0 Å². The van der Waals surface area contributed by atoms with Gasteiger partial charge in [0.2, 0.25) is 0 Å². The Kier molecular flexibility index (Phi) is 6.04. The molecule has 4 rings (SSSR count). The molecule has 0 saturated carbocycles. The number of anilines is 1. The molecule has 158 valence electrons. The molecule has 2 heterocycles. The van der Waals surface area contributed by atoms with Crippen LogP contribution in [0.4, 0.5) is 11.4 Å². The monoisotopic (exact) mass is 411 g/mol. The van der Waals surface area contributed by atoms with Crippen LogP contribution in [0.1, 0.15) is 12.8 Å². The number of nitro groups is 1. The Morgan fingerprint density at radius 3 is 2.67 bits per heavy atom. The minimum absolute atomic E-state index is 0.00838. The Morgan fingerprint density at radius 1 is 1.20 bits per heavy atom. The fraction of sp³-hybridized carbons (Fsp3) is 0.364. The zero-order valence-corrected chi connectivity index (χ0v) is 16.9. The lowest BCUT2D eigenvalue weighted by Crippen LogP contribution is -2.52. The molecule has 1 aromatic carbocycles. The van der Waals surface area contributed by atoms with Crippen molar-refractivity contribution in [1.29, 1.82) is 0 Å². The number of benzene rings is 1. The topological polar surface area (TPSA) is 77.3 Å². The Labute approximate surface area is 175 Å². The van der Waals surface area contributed by atoms with Crippen LogP contribution in [0, 0.1) is 10.1 Å². The maximum absolute atomic E-state index is 11.2. The average molecular weight is 411 g/mol. The van der Waals surface area contributed by atoms with Crippen molar-refractivity contribution in [2.45, 2.75) is 18.9 Å². The number of hydrogen-bond donors (Lipinski definition) is 0. The minimum Gasteiger partial charge on any atom is -0.495 e. The molecule has 0 N–H and O–H groups in total. The highest BCUT2D eigenvalue weighted by atomic mass is 16.6. The molecule has 0 aromatic heterocycles. The van der Waals surface area contributed by atoms with E-state index in [0.29, 0.717) is 5.75 Å². The average Bonchev–Trinajstić information content (AvgIpc) is 2.81. The van der Waals surface area contributed by atoms with Gasteiger partial charge in [0.1, 0.15) is 24.5 Å². The first-order valence-electron chi connectivity index (χ1n) is 10.0. The molecule has 1 aliphatic carbocycles. The van der Waals surface area contributed by atoms with Crippen LogP contribution in [0.5, 0.6) is 5.75 Å². The fourth-order valence-corrected chi connectivity index (χ4v) is 4.11. The third-order valence-corrected chi connectivity index (χ3v) is 5.58. The molecular formula is C22H25N3O5. The molecule has 0 radical (unpaired) electrons. The number of nitro benzene ring substituents is 1. The largest absolute Gasteiger partial charge is 0.495 e. The Hall–Kier alpha value is -3.26. The van der Waals surface area contributed by atoms with Crippen molar-refractivity contribution in [3.63, 3.8) is 0 Å². The summed E-state index contributed by atoms with van der Waals surface area (Å²) in [5.41, 5.74) is 2.11. The lowest BCUT2D eigenvalue weighted by atomic mass is 9.94. The summed E-state index contributed by atoms with van der Waals surface area (Å²) in [5.74, 6) is 1.42. The van der Waals surface area contributed by atoms with E-state index >= 15 is 0 Å². The van der Waals surface area contributed by atoms with E-state index in [0.717, 1.165) is 50.5 Å². The van der Waals surface area contributed by atoms with Crippen molar-refractivity contribution < 1.29 is 19.1 Å². The van der Waals surface area contributed by atoms with E-state index in [4.69, 9.17) is 14.2 Å². The summed E-state index contributed by atoms with van der Waals surface area (Å²) < 4.78 is 16.6. The van der Waals surface area contributed by atoms with Crippen molar-refractivity contribution in [2.75, 3.05) is 38.2 Å². The third-order valence-electron chi connectivity index (χ3n) is 5.58. The summed E-state index contributed by atoms with van der Waals surface area (Å²) in [5, 5.41) is 11.2. The second-order valence-corrected chi connectivity index (χ2v) is 7.29. The molecule has 0 spiro atoms. The SMILES string of the molecule is COc1ccc([N+](=O)[O-])cc1N1CCN(C(C2=CC=CCC2)C2=COC=CO2)CC1. The molecule has 2 aliphatic heterocycles. The van der Waals surface area contributed by atoms with Gasteiger partial charge in [-0.15, -0.1) is 0 Å². The highest BCUT2D eigenvalue weighted by molar-refractivity contribution is 5.63. The molecule has 3 aliphatic rings. The second kappa shape index (κ2) is 9.04. The van der Waals surface area contributed by atoms with E-state index in [-0.39, 0.29) is 16.7 Å². The summed E-state index contributed by atoms with van der Waals surface area (Å²) in [4.78, 5) is 15.4. The number of hydrogen-bond acceptors (Lipinski definition) is 7. The minimum atomic E-state index is -0.376. The molecule has 1 atom stereocenters. The van der Waals surface area contributed by atoms with Crippen molar-refractivity contribution in [1.82, 2.24) is 4.90 Å². The zero-order valence-electron chi connectivity index (χ0n) is 16.9. The summed E-state index contributed by atoms with van der Waals surface area (Å²) in [6.45, 7) is 3.01. The van der Waals surface area contributed by atoms with Gasteiger partial charge in [0, 0.05) is 38.3 Å². The van der Waals surface area contributed by atoms with Crippen LogP contribution in [0.25, 0.3) is 0 Å². The number of nitrogens with zero attached hydrogens (tertiary/aromatic N) is 3. The molecule has 30 heavy (non-hydrogen) atoms. The fourth-order valence-electron chi connectivity index (χ4n) is 4.11. The smallest absolute Gasteiger partial charge is 0.271 e. The van der Waals surface area contributed by atoms with Crippen LogP contribution in [0.2, 0.25) is 0 Å². The third kappa shape index (κ3) is 4.18. The van der Waals surface area contributed by atoms with Crippen molar-refractivity contribution in [2.24, 2.45) is 0 Å². The molecular weight excluding hydrogens is 386 g/mol. The quantitative estimate of drug-likeness (QED) is 0.521. The van der Waals surface area contributed by atoms with E-state index in [1.54, 1.807) is 31.8 Å². The summed E-state index contributed by atoms with van der Waals surface area (Å²) >= 11 is 0. The molecule has 1 aromatic rings. The number of rotatable bonds is 6. The van der Waals surface area contributed by atoms with Crippen molar-refractivity contribution in [3.8, 4) is 5.75 Å². The molecule has 1 unspecified atom stereocenters. The van der Waals surface area contributed by atoms with Crippen molar-refractivity contribution in [3.05, 3.63) is 76.7 Å². The van der Waals surface area contributed by atoms with Crippen molar-refractivity contribution >= 4 is 11.4 Å². The first-order valence-corrected chi connectivity index (χ1v) is 10.0. The van der Waals surface area contributed by atoms with Gasteiger partial charge in [0.25, 0.3) is 5.69 Å². The summed E-state index contributed by atoms with van der Waals surface area (Å²) in [7, 11) is 1.58. The van der Waals surface area contributed by atoms with Gasteiger partial charge in [0.15, 0.2) is 5.76 Å². The van der Waals surface area contributed by atoms with Crippen LogP contribution in [0.3, 0.4) is 0 Å². The van der Waals surface area contributed by atoms with E-state index < -0.39 is 0 Å². The predicted octanol–water partition coefficient (Wildman–Crippen LogP) is 3.73. The molecule has 8 heteroatoms. The van der Waals surface area contributed by atoms with Gasteiger partial charge >= 0.3 is 0 Å². The first-order chi connectivity index (χ1) is 14.7. The molecule has 0 amide bonds. The molecule has 1 saturated heterocycles. The lowest BCUT2D eigenvalue weighted by molar-refractivity contribution is -0.384. The van der Waals surface area contributed by atoms with Gasteiger partial charge in [-0.25, -0.2) is 0 Å². The zero-order chi connectivity index (χ0) is 20.9. The number of piperazine rings is 1. The van der Waals surface area contributed by atoms with Gasteiger partial charge in [-0.3, -0.25) is 15.0 Å². The van der Waals surface area contributed by atoms with E-state index in [1.807, 2.05) is 0 Å². The maximum Gasteiger partial charge on any atom is 0.271 e. The highest BCUT2D eigenvalue weighted by Gasteiger charge is 2.32. The van der Waals surface area contributed by atoms with Gasteiger partial charge in [0.05, 0.1) is 23.8 Å². The standard InChI is InChI=1S/C22H25N3O5/c1-28-20-8-7-18(25(26)27)15-19(20)23-9-11-24(12-10-23)22(17-5-3-2-4-6-17)21-16-29-13-14-30-21/h2-3,5,7-8,13-16,22H,4,6,9-12H2,1H3. The molecule has 1 fully saturated rings. The summed E-state index contributed by atoms with van der Waals surface area (Å²) in [6.07, 6.45) is 13.2. The number of ether oxygens (including phenoxy) is 3. The lowest BCUT2D eigenvalue weighted by Gasteiger charge is -2.41. The second-order valence-electron chi connectivity index (χ2n) is 7.29. The van der Waals surface area contributed by atoms with Crippen LogP contribution < -0.4 is 9.64 Å². The van der Waals surface area contributed by atoms with Crippen LogP contribution in [0.15, 0.2) is 66.5 Å². The van der Waals surface area contributed by atoms with E-state index in [9.17, 15) is 10.1 Å². The van der Waals surface area contributed by atoms with Crippen LogP contribution in [-0.4, -0.2) is 49.2 Å². The Balaban J connectivity index is 1.53. The van der Waals surface area contributed by atoms with Gasteiger partial charge in [-0.1, -0.05) is 18.2 Å².